The first-order valence-electron chi connectivity index (χ1n) is 13.1. The third-order valence-corrected chi connectivity index (χ3v) is 8.26. The SMILES string of the molecule is CCCCn1c(=O)[nH]c(=O)c2[nH]c(C(Cc3ccccc3F)c3ccc(NS(=O)(=O)c4ccc(F)cc4F)cc3)nc21. The normalized spacial score (nSPS) is 12.5. The van der Waals surface area contributed by atoms with E-state index < -0.39 is 49.5 Å². The summed E-state index contributed by atoms with van der Waals surface area (Å²) in [5.41, 5.74) is 0.120. The average Bonchev–Trinajstić information content (AvgIpc) is 3.38. The number of H-pyrrole nitrogens is 2. The smallest absolute Gasteiger partial charge is 0.330 e. The van der Waals surface area contributed by atoms with Gasteiger partial charge in [0.2, 0.25) is 0 Å². The lowest BCUT2D eigenvalue weighted by atomic mass is 9.91. The van der Waals surface area contributed by atoms with E-state index in [9.17, 15) is 31.2 Å². The Hall–Kier alpha value is -4.65. The standard InChI is InChI=1S/C29H26F3N5O4S/c1-2-3-14-37-27-25(28(38)35-29(37)39)33-26(34-27)21(15-18-6-4-5-7-22(18)31)17-8-11-20(12-9-17)36-42(40,41)24-13-10-19(30)16-23(24)32/h4-13,16,21,36H,2-3,14-15H2,1H3,(H,33,34)(H,35,38,39). The van der Waals surface area contributed by atoms with Gasteiger partial charge in [-0.3, -0.25) is 19.1 Å². The van der Waals surface area contributed by atoms with Gasteiger partial charge >= 0.3 is 5.69 Å². The van der Waals surface area contributed by atoms with E-state index >= 15 is 0 Å². The van der Waals surface area contributed by atoms with Gasteiger partial charge in [-0.15, -0.1) is 0 Å². The molecule has 3 aromatic carbocycles. The van der Waals surface area contributed by atoms with Crippen LogP contribution in [0.5, 0.6) is 0 Å². The number of benzene rings is 3. The van der Waals surface area contributed by atoms with Crippen LogP contribution in [0.2, 0.25) is 0 Å². The number of aryl methyl sites for hydroxylation is 1. The second kappa shape index (κ2) is 11.7. The van der Waals surface area contributed by atoms with Crippen molar-refractivity contribution in [1.82, 2.24) is 19.5 Å². The number of fused-ring (bicyclic) bond motifs is 1. The van der Waals surface area contributed by atoms with E-state index in [4.69, 9.17) is 0 Å². The minimum atomic E-state index is -4.37. The highest BCUT2D eigenvalue weighted by Gasteiger charge is 2.24. The molecule has 0 spiro atoms. The van der Waals surface area contributed by atoms with Gasteiger partial charge in [-0.05, 0) is 54.3 Å². The van der Waals surface area contributed by atoms with Crippen LogP contribution in [0.3, 0.4) is 0 Å². The molecule has 5 aromatic rings. The molecule has 0 aliphatic rings. The fourth-order valence-electron chi connectivity index (χ4n) is 4.69. The Balaban J connectivity index is 1.54. The van der Waals surface area contributed by atoms with Crippen LogP contribution in [0, 0.1) is 17.5 Å². The molecule has 0 radical (unpaired) electrons. The summed E-state index contributed by atoms with van der Waals surface area (Å²) in [6.07, 6.45) is 1.61. The van der Waals surface area contributed by atoms with E-state index in [1.54, 1.807) is 30.3 Å². The Morgan fingerprint density at radius 2 is 1.69 bits per heavy atom. The Bertz CT molecular complexity index is 1990. The van der Waals surface area contributed by atoms with Gasteiger partial charge < -0.3 is 4.98 Å². The number of aromatic amines is 2. The number of hydrogen-bond acceptors (Lipinski definition) is 5. The minimum absolute atomic E-state index is 0.0987. The van der Waals surface area contributed by atoms with E-state index in [0.29, 0.717) is 36.0 Å². The number of aromatic nitrogens is 4. The number of rotatable bonds is 10. The van der Waals surface area contributed by atoms with E-state index in [0.717, 1.165) is 18.6 Å². The summed E-state index contributed by atoms with van der Waals surface area (Å²) >= 11 is 0. The van der Waals surface area contributed by atoms with Crippen LogP contribution in [0.4, 0.5) is 18.9 Å². The quantitative estimate of drug-likeness (QED) is 0.213. The summed E-state index contributed by atoms with van der Waals surface area (Å²) in [4.78, 5) is 34.4. The Morgan fingerprint density at radius 1 is 0.952 bits per heavy atom. The average molecular weight is 598 g/mol. The van der Waals surface area contributed by atoms with Gasteiger partial charge in [0.15, 0.2) is 5.65 Å². The molecule has 42 heavy (non-hydrogen) atoms. The molecule has 0 fully saturated rings. The molecule has 2 heterocycles. The highest BCUT2D eigenvalue weighted by molar-refractivity contribution is 7.92. The lowest BCUT2D eigenvalue weighted by Crippen LogP contribution is -2.30. The summed E-state index contributed by atoms with van der Waals surface area (Å²) in [5, 5.41) is 0. The van der Waals surface area contributed by atoms with Crippen molar-refractivity contribution in [2.75, 3.05) is 4.72 Å². The zero-order valence-corrected chi connectivity index (χ0v) is 23.1. The first kappa shape index (κ1) is 28.9. The Labute approximate surface area is 238 Å². The molecule has 5 rings (SSSR count). The van der Waals surface area contributed by atoms with Gasteiger partial charge in [0.1, 0.15) is 33.7 Å². The van der Waals surface area contributed by atoms with Crippen molar-refractivity contribution in [2.24, 2.45) is 0 Å². The molecule has 0 aliphatic carbocycles. The number of nitrogens with zero attached hydrogens (tertiary/aromatic N) is 2. The maximum absolute atomic E-state index is 14.7. The Kier molecular flexibility index (Phi) is 8.03. The topological polar surface area (TPSA) is 130 Å². The van der Waals surface area contributed by atoms with Crippen LogP contribution in [-0.4, -0.2) is 27.9 Å². The van der Waals surface area contributed by atoms with E-state index in [1.165, 1.54) is 22.8 Å². The maximum Gasteiger partial charge on any atom is 0.330 e. The van der Waals surface area contributed by atoms with Gasteiger partial charge in [-0.1, -0.05) is 43.7 Å². The number of sulfonamides is 1. The second-order valence-electron chi connectivity index (χ2n) is 9.74. The summed E-state index contributed by atoms with van der Waals surface area (Å²) in [7, 11) is -4.37. The van der Waals surface area contributed by atoms with Crippen molar-refractivity contribution in [2.45, 2.75) is 43.5 Å². The molecule has 0 bridgehead atoms. The first-order chi connectivity index (χ1) is 20.1. The third kappa shape index (κ3) is 5.86. The minimum Gasteiger partial charge on any atom is -0.336 e. The van der Waals surface area contributed by atoms with Gasteiger partial charge in [0.25, 0.3) is 15.6 Å². The van der Waals surface area contributed by atoms with Gasteiger partial charge in [0.05, 0.1) is 0 Å². The van der Waals surface area contributed by atoms with Crippen LogP contribution < -0.4 is 16.0 Å². The molecule has 2 aromatic heterocycles. The molecule has 13 heteroatoms. The number of halogens is 3. The fraction of sp³-hybridized carbons (Fsp3) is 0.207. The highest BCUT2D eigenvalue weighted by atomic mass is 32.2. The van der Waals surface area contributed by atoms with Crippen LogP contribution in [0.25, 0.3) is 11.2 Å². The van der Waals surface area contributed by atoms with Crippen molar-refractivity contribution in [3.05, 3.63) is 122 Å². The van der Waals surface area contributed by atoms with Crippen molar-refractivity contribution in [3.8, 4) is 0 Å². The number of hydrogen-bond donors (Lipinski definition) is 3. The van der Waals surface area contributed by atoms with E-state index in [1.807, 2.05) is 6.92 Å². The lowest BCUT2D eigenvalue weighted by Gasteiger charge is -2.17. The first-order valence-corrected chi connectivity index (χ1v) is 14.6. The maximum atomic E-state index is 14.7. The van der Waals surface area contributed by atoms with Gasteiger partial charge in [-0.2, -0.15) is 0 Å². The monoisotopic (exact) mass is 597 g/mol. The predicted molar refractivity (Wildman–Crippen MR) is 151 cm³/mol. The number of imidazole rings is 1. The van der Waals surface area contributed by atoms with Crippen LogP contribution in [0.1, 0.15) is 42.6 Å². The zero-order chi connectivity index (χ0) is 30.0. The van der Waals surface area contributed by atoms with Crippen LogP contribution >= 0.6 is 0 Å². The number of anilines is 1. The zero-order valence-electron chi connectivity index (χ0n) is 22.3. The van der Waals surface area contributed by atoms with Crippen molar-refractivity contribution < 1.29 is 21.6 Å². The molecule has 0 saturated heterocycles. The Morgan fingerprint density at radius 3 is 2.38 bits per heavy atom. The molecule has 0 aliphatic heterocycles. The third-order valence-electron chi connectivity index (χ3n) is 6.85. The summed E-state index contributed by atoms with van der Waals surface area (Å²) in [5.74, 6) is -2.92. The molecule has 0 saturated carbocycles. The molecule has 3 N–H and O–H groups in total. The van der Waals surface area contributed by atoms with Crippen LogP contribution in [0.15, 0.2) is 81.2 Å². The van der Waals surface area contributed by atoms with Crippen LogP contribution in [-0.2, 0) is 23.0 Å². The highest BCUT2D eigenvalue weighted by Crippen LogP contribution is 2.30. The molecule has 1 unspecified atom stereocenters. The van der Waals surface area contributed by atoms with E-state index in [2.05, 4.69) is 19.7 Å². The molecule has 1 atom stereocenters. The lowest BCUT2D eigenvalue weighted by molar-refractivity contribution is 0.551. The molecule has 218 valence electrons. The molecular weight excluding hydrogens is 571 g/mol. The van der Waals surface area contributed by atoms with Crippen molar-refractivity contribution in [3.63, 3.8) is 0 Å². The van der Waals surface area contributed by atoms with Crippen molar-refractivity contribution in [1.29, 1.82) is 0 Å². The molecule has 0 amide bonds. The largest absolute Gasteiger partial charge is 0.336 e. The predicted octanol–water partition coefficient (Wildman–Crippen LogP) is 4.81. The summed E-state index contributed by atoms with van der Waals surface area (Å²) in [6.45, 7) is 2.31. The van der Waals surface area contributed by atoms with Gasteiger partial charge in [-0.25, -0.2) is 31.4 Å². The number of unbranched alkanes of at least 4 members (excludes halogenated alkanes) is 1. The van der Waals surface area contributed by atoms with Crippen molar-refractivity contribution >= 4 is 26.9 Å². The molecule has 9 nitrogen and oxygen atoms in total. The van der Waals surface area contributed by atoms with Gasteiger partial charge in [0, 0.05) is 24.2 Å². The van der Waals surface area contributed by atoms with E-state index in [-0.39, 0.29) is 23.3 Å². The number of nitrogens with one attached hydrogen (secondary N) is 3. The second-order valence-corrected chi connectivity index (χ2v) is 11.4. The fourth-order valence-corrected chi connectivity index (χ4v) is 5.81. The summed E-state index contributed by atoms with van der Waals surface area (Å²) in [6, 6.07) is 14.4. The molecular formula is C29H26F3N5O4S. The summed E-state index contributed by atoms with van der Waals surface area (Å²) < 4.78 is 71.2.